The Balaban J connectivity index is 1.73. The predicted molar refractivity (Wildman–Crippen MR) is 98.8 cm³/mol. The average molecular weight is 351 g/mol. The van der Waals surface area contributed by atoms with Crippen LogP contribution in [-0.2, 0) is 4.74 Å². The number of fused-ring (bicyclic) bond motifs is 3. The van der Waals surface area contributed by atoms with Crippen LogP contribution in [0.3, 0.4) is 0 Å². The number of hydrogen-bond donors (Lipinski definition) is 2. The summed E-state index contributed by atoms with van der Waals surface area (Å²) >= 11 is 0. The molecule has 2 aromatic rings. The van der Waals surface area contributed by atoms with Gasteiger partial charge in [0.1, 0.15) is 0 Å². The highest BCUT2D eigenvalue weighted by molar-refractivity contribution is 5.90. The summed E-state index contributed by atoms with van der Waals surface area (Å²) in [5, 5.41) is 13.8. The van der Waals surface area contributed by atoms with Crippen LogP contribution in [0.15, 0.2) is 48.6 Å². The Bertz CT molecular complexity index is 890. The Morgan fingerprint density at radius 1 is 1.19 bits per heavy atom. The highest BCUT2D eigenvalue weighted by Gasteiger charge is 2.38. The van der Waals surface area contributed by atoms with Crippen molar-refractivity contribution >= 4 is 11.7 Å². The van der Waals surface area contributed by atoms with E-state index in [2.05, 4.69) is 17.5 Å². The summed E-state index contributed by atoms with van der Waals surface area (Å²) in [5.74, 6) is 0.830. The third kappa shape index (κ3) is 2.60. The van der Waals surface area contributed by atoms with Gasteiger partial charge < -0.3 is 19.9 Å². The second kappa shape index (κ2) is 6.41. The Kier molecular flexibility index (Phi) is 4.07. The van der Waals surface area contributed by atoms with Gasteiger partial charge in [0.15, 0.2) is 11.5 Å². The summed E-state index contributed by atoms with van der Waals surface area (Å²) in [4.78, 5) is 11.9. The highest BCUT2D eigenvalue weighted by Crippen LogP contribution is 2.50. The van der Waals surface area contributed by atoms with E-state index in [0.717, 1.165) is 23.2 Å². The van der Waals surface area contributed by atoms with Gasteiger partial charge in [0.2, 0.25) is 0 Å². The molecule has 5 heteroatoms. The quantitative estimate of drug-likeness (QED) is 0.646. The molecule has 5 nitrogen and oxygen atoms in total. The number of phenols is 1. The summed E-state index contributed by atoms with van der Waals surface area (Å²) in [5.41, 5.74) is 3.70. The number of rotatable bonds is 3. The zero-order chi connectivity index (χ0) is 18.3. The van der Waals surface area contributed by atoms with Crippen molar-refractivity contribution in [2.45, 2.75) is 18.4 Å². The largest absolute Gasteiger partial charge is 0.504 e. The summed E-state index contributed by atoms with van der Waals surface area (Å²) in [6.07, 6.45) is 5.34. The van der Waals surface area contributed by atoms with Gasteiger partial charge >= 0.3 is 5.97 Å². The second-order valence-corrected chi connectivity index (χ2v) is 6.70. The van der Waals surface area contributed by atoms with Crippen LogP contribution in [-0.4, -0.2) is 25.3 Å². The van der Waals surface area contributed by atoms with Crippen LogP contribution in [0.25, 0.3) is 0 Å². The molecule has 134 valence electrons. The SMILES string of the molecule is COC(=O)c1ccc2c(c1)C1C=CCC1C(c1ccc(OC)c(O)c1)N2. The fraction of sp³-hybridized carbons (Fsp3) is 0.286. The van der Waals surface area contributed by atoms with Gasteiger partial charge in [-0.25, -0.2) is 4.79 Å². The van der Waals surface area contributed by atoms with Crippen molar-refractivity contribution in [3.05, 3.63) is 65.2 Å². The molecule has 0 saturated carbocycles. The molecular weight excluding hydrogens is 330 g/mol. The van der Waals surface area contributed by atoms with Gasteiger partial charge in [0, 0.05) is 11.6 Å². The predicted octanol–water partition coefficient (Wildman–Crippen LogP) is 4.01. The number of anilines is 1. The molecule has 0 spiro atoms. The standard InChI is InChI=1S/C21H21NO4/c1-25-19-9-7-12(11-18(19)23)20-15-5-3-4-14(15)16-10-13(21(24)26-2)6-8-17(16)22-20/h3-4,6-11,14-15,20,22-23H,5H2,1-2H3. The van der Waals surface area contributed by atoms with E-state index in [1.54, 1.807) is 25.3 Å². The van der Waals surface area contributed by atoms with Crippen LogP contribution >= 0.6 is 0 Å². The molecule has 3 unspecified atom stereocenters. The van der Waals surface area contributed by atoms with Crippen molar-refractivity contribution in [3.63, 3.8) is 0 Å². The van der Waals surface area contributed by atoms with E-state index < -0.39 is 0 Å². The molecule has 0 amide bonds. The minimum atomic E-state index is -0.325. The topological polar surface area (TPSA) is 67.8 Å². The van der Waals surface area contributed by atoms with E-state index in [4.69, 9.17) is 9.47 Å². The van der Waals surface area contributed by atoms with Crippen molar-refractivity contribution in [3.8, 4) is 11.5 Å². The first-order valence-electron chi connectivity index (χ1n) is 8.64. The molecule has 0 radical (unpaired) electrons. The lowest BCUT2D eigenvalue weighted by Crippen LogP contribution is -2.29. The van der Waals surface area contributed by atoms with Crippen LogP contribution in [0.2, 0.25) is 0 Å². The summed E-state index contributed by atoms with van der Waals surface area (Å²) in [6.45, 7) is 0. The first kappa shape index (κ1) is 16.5. The highest BCUT2D eigenvalue weighted by atomic mass is 16.5. The van der Waals surface area contributed by atoms with Gasteiger partial charge in [-0.1, -0.05) is 18.2 Å². The molecule has 0 aromatic heterocycles. The van der Waals surface area contributed by atoms with E-state index >= 15 is 0 Å². The lowest BCUT2D eigenvalue weighted by Gasteiger charge is -2.37. The van der Waals surface area contributed by atoms with Gasteiger partial charge in [-0.05, 0) is 53.8 Å². The normalized spacial score (nSPS) is 22.9. The third-order valence-corrected chi connectivity index (χ3v) is 5.35. The van der Waals surface area contributed by atoms with Crippen molar-refractivity contribution in [2.75, 3.05) is 19.5 Å². The fourth-order valence-corrected chi connectivity index (χ4v) is 4.07. The number of carbonyl (C=O) groups excluding carboxylic acids is 1. The molecule has 2 aliphatic rings. The lowest BCUT2D eigenvalue weighted by atomic mass is 9.76. The first-order chi connectivity index (χ1) is 12.6. The number of phenolic OH excluding ortho intramolecular Hbond substituents is 1. The molecule has 26 heavy (non-hydrogen) atoms. The molecule has 3 atom stereocenters. The molecule has 0 saturated heterocycles. The zero-order valence-electron chi connectivity index (χ0n) is 14.7. The van der Waals surface area contributed by atoms with E-state index in [9.17, 15) is 9.90 Å². The van der Waals surface area contributed by atoms with Gasteiger partial charge in [-0.2, -0.15) is 0 Å². The fourth-order valence-electron chi connectivity index (χ4n) is 4.07. The van der Waals surface area contributed by atoms with Gasteiger partial charge in [0.05, 0.1) is 25.8 Å². The zero-order valence-corrected chi connectivity index (χ0v) is 14.7. The van der Waals surface area contributed by atoms with Gasteiger partial charge in [-0.15, -0.1) is 0 Å². The number of benzene rings is 2. The molecule has 0 bridgehead atoms. The van der Waals surface area contributed by atoms with Crippen molar-refractivity contribution in [2.24, 2.45) is 5.92 Å². The molecule has 4 rings (SSSR count). The number of carbonyl (C=O) groups is 1. The Labute approximate surface area is 152 Å². The van der Waals surface area contributed by atoms with Crippen LogP contribution < -0.4 is 10.1 Å². The van der Waals surface area contributed by atoms with E-state index in [-0.39, 0.29) is 23.7 Å². The van der Waals surface area contributed by atoms with E-state index in [1.807, 2.05) is 18.2 Å². The molecule has 1 aliphatic carbocycles. The molecule has 1 aliphatic heterocycles. The molecule has 1 heterocycles. The maximum atomic E-state index is 11.9. The minimum absolute atomic E-state index is 0.0725. The molecule has 2 aromatic carbocycles. The third-order valence-electron chi connectivity index (χ3n) is 5.35. The number of hydrogen-bond acceptors (Lipinski definition) is 5. The van der Waals surface area contributed by atoms with Gasteiger partial charge in [-0.3, -0.25) is 0 Å². The van der Waals surface area contributed by atoms with Crippen molar-refractivity contribution in [1.29, 1.82) is 0 Å². The molecule has 2 N–H and O–H groups in total. The van der Waals surface area contributed by atoms with Gasteiger partial charge in [0.25, 0.3) is 0 Å². The summed E-state index contributed by atoms with van der Waals surface area (Å²) in [6, 6.07) is 11.2. The number of methoxy groups -OCH3 is 2. The summed E-state index contributed by atoms with van der Waals surface area (Å²) in [7, 11) is 2.93. The number of nitrogens with one attached hydrogen (secondary N) is 1. The van der Waals surface area contributed by atoms with Crippen molar-refractivity contribution in [1.82, 2.24) is 0 Å². The average Bonchev–Trinajstić information content (AvgIpc) is 3.16. The molecule has 0 fully saturated rings. The second-order valence-electron chi connectivity index (χ2n) is 6.70. The monoisotopic (exact) mass is 351 g/mol. The van der Waals surface area contributed by atoms with Crippen LogP contribution in [0.4, 0.5) is 5.69 Å². The lowest BCUT2D eigenvalue weighted by molar-refractivity contribution is 0.0600. The minimum Gasteiger partial charge on any atom is -0.504 e. The number of allylic oxidation sites excluding steroid dienone is 2. The van der Waals surface area contributed by atoms with E-state index in [1.165, 1.54) is 7.11 Å². The van der Waals surface area contributed by atoms with Crippen LogP contribution in [0, 0.1) is 5.92 Å². The maximum Gasteiger partial charge on any atom is 0.337 e. The summed E-state index contributed by atoms with van der Waals surface area (Å²) < 4.78 is 10.00. The molecular formula is C21H21NO4. The Morgan fingerprint density at radius 3 is 2.77 bits per heavy atom. The number of ether oxygens (including phenoxy) is 2. The van der Waals surface area contributed by atoms with Crippen molar-refractivity contribution < 1.29 is 19.4 Å². The maximum absolute atomic E-state index is 11.9. The number of esters is 1. The van der Waals surface area contributed by atoms with Crippen LogP contribution in [0.5, 0.6) is 11.5 Å². The Hall–Kier alpha value is -2.95. The first-order valence-corrected chi connectivity index (χ1v) is 8.64. The van der Waals surface area contributed by atoms with Crippen LogP contribution in [0.1, 0.15) is 39.9 Å². The number of aromatic hydroxyl groups is 1. The smallest absolute Gasteiger partial charge is 0.337 e. The van der Waals surface area contributed by atoms with E-state index in [0.29, 0.717) is 17.2 Å². The Morgan fingerprint density at radius 2 is 2.04 bits per heavy atom.